The lowest BCUT2D eigenvalue weighted by molar-refractivity contribution is 0.169. The fourth-order valence-corrected chi connectivity index (χ4v) is 3.02. The summed E-state index contributed by atoms with van der Waals surface area (Å²) in [6.07, 6.45) is 2.36. The molecule has 106 valence electrons. The van der Waals surface area contributed by atoms with E-state index in [0.29, 0.717) is 0 Å². The molecule has 0 amide bonds. The van der Waals surface area contributed by atoms with Crippen molar-refractivity contribution < 1.29 is 0 Å². The molecule has 3 heteroatoms. The zero-order valence-electron chi connectivity index (χ0n) is 12.5. The summed E-state index contributed by atoms with van der Waals surface area (Å²) in [5.74, 6) is 0. The molecule has 0 spiro atoms. The minimum absolute atomic E-state index is 0.191. The van der Waals surface area contributed by atoms with E-state index in [1.807, 2.05) is 0 Å². The van der Waals surface area contributed by atoms with Crippen LogP contribution in [0.2, 0.25) is 0 Å². The Hall–Kier alpha value is -1.06. The molecule has 3 nitrogen and oxygen atoms in total. The van der Waals surface area contributed by atoms with Gasteiger partial charge in [0.05, 0.1) is 0 Å². The van der Waals surface area contributed by atoms with Gasteiger partial charge in [-0.3, -0.25) is 0 Å². The van der Waals surface area contributed by atoms with E-state index in [4.69, 9.17) is 5.73 Å². The third-order valence-corrected chi connectivity index (χ3v) is 4.65. The molecule has 1 heterocycles. The van der Waals surface area contributed by atoms with Crippen LogP contribution in [-0.2, 0) is 5.41 Å². The van der Waals surface area contributed by atoms with Gasteiger partial charge in [0, 0.05) is 31.7 Å². The molecule has 2 N–H and O–H groups in total. The van der Waals surface area contributed by atoms with Crippen LogP contribution in [0.1, 0.15) is 25.3 Å². The largest absolute Gasteiger partial charge is 0.378 e. The number of likely N-dealkylation sites (tertiary alicyclic amines) is 1. The van der Waals surface area contributed by atoms with Crippen LogP contribution in [0.3, 0.4) is 0 Å². The monoisotopic (exact) mass is 261 g/mol. The molecule has 1 aromatic carbocycles. The van der Waals surface area contributed by atoms with E-state index >= 15 is 0 Å². The van der Waals surface area contributed by atoms with E-state index in [0.717, 1.165) is 13.1 Å². The molecule has 1 aliphatic rings. The first-order valence-corrected chi connectivity index (χ1v) is 7.31. The number of rotatable bonds is 4. The summed E-state index contributed by atoms with van der Waals surface area (Å²) < 4.78 is 0. The summed E-state index contributed by atoms with van der Waals surface area (Å²) >= 11 is 0. The zero-order chi connectivity index (χ0) is 13.9. The summed E-state index contributed by atoms with van der Waals surface area (Å²) in [5.41, 5.74) is 8.98. The van der Waals surface area contributed by atoms with Crippen molar-refractivity contribution in [2.24, 2.45) is 5.73 Å². The van der Waals surface area contributed by atoms with Crippen LogP contribution < -0.4 is 10.6 Å². The Balaban J connectivity index is 2.17. The molecule has 0 radical (unpaired) electrons. The SMILES string of the molecule is CCN1CCC(CN)(c2ccc(N(C)C)cc2)CC1. The van der Waals surface area contributed by atoms with Crippen LogP contribution in [0.4, 0.5) is 5.69 Å². The minimum Gasteiger partial charge on any atom is -0.378 e. The van der Waals surface area contributed by atoms with Crippen LogP contribution in [-0.4, -0.2) is 45.2 Å². The van der Waals surface area contributed by atoms with Crippen LogP contribution in [0.5, 0.6) is 0 Å². The number of hydrogen-bond acceptors (Lipinski definition) is 3. The smallest absolute Gasteiger partial charge is 0.0361 e. The van der Waals surface area contributed by atoms with Crippen LogP contribution in [0, 0.1) is 0 Å². The van der Waals surface area contributed by atoms with Crippen molar-refractivity contribution in [2.45, 2.75) is 25.2 Å². The second-order valence-corrected chi connectivity index (χ2v) is 5.86. The maximum atomic E-state index is 6.13. The highest BCUT2D eigenvalue weighted by atomic mass is 15.1. The van der Waals surface area contributed by atoms with E-state index < -0.39 is 0 Å². The first kappa shape index (κ1) is 14.4. The highest BCUT2D eigenvalue weighted by Crippen LogP contribution is 2.35. The number of piperidine rings is 1. The van der Waals surface area contributed by atoms with Crippen molar-refractivity contribution in [3.05, 3.63) is 29.8 Å². The molecule has 1 fully saturated rings. The normalized spacial score (nSPS) is 19.4. The fourth-order valence-electron chi connectivity index (χ4n) is 3.02. The van der Waals surface area contributed by atoms with E-state index in [9.17, 15) is 0 Å². The summed E-state index contributed by atoms with van der Waals surface area (Å²) in [5, 5.41) is 0. The van der Waals surface area contributed by atoms with Gasteiger partial charge >= 0.3 is 0 Å². The average molecular weight is 261 g/mol. The van der Waals surface area contributed by atoms with E-state index in [1.165, 1.54) is 37.2 Å². The molecule has 0 aliphatic carbocycles. The lowest BCUT2D eigenvalue weighted by Crippen LogP contribution is -2.46. The van der Waals surface area contributed by atoms with Gasteiger partial charge in [-0.1, -0.05) is 19.1 Å². The molecule has 2 rings (SSSR count). The van der Waals surface area contributed by atoms with E-state index in [-0.39, 0.29) is 5.41 Å². The maximum absolute atomic E-state index is 6.13. The van der Waals surface area contributed by atoms with Crippen molar-refractivity contribution >= 4 is 5.69 Å². The third kappa shape index (κ3) is 2.93. The Bertz CT molecular complexity index is 389. The van der Waals surface area contributed by atoms with Crippen molar-refractivity contribution in [2.75, 3.05) is 45.2 Å². The number of nitrogens with zero attached hydrogens (tertiary/aromatic N) is 2. The Morgan fingerprint density at radius 1 is 1.16 bits per heavy atom. The Labute approximate surface area is 117 Å². The first-order chi connectivity index (χ1) is 9.11. The van der Waals surface area contributed by atoms with Gasteiger partial charge in [0.25, 0.3) is 0 Å². The van der Waals surface area contributed by atoms with E-state index in [2.05, 4.69) is 55.1 Å². The molecule has 1 aliphatic heterocycles. The Kier molecular flexibility index (Phi) is 4.48. The van der Waals surface area contributed by atoms with Crippen molar-refractivity contribution in [3.63, 3.8) is 0 Å². The first-order valence-electron chi connectivity index (χ1n) is 7.31. The van der Waals surface area contributed by atoms with Gasteiger partial charge < -0.3 is 15.5 Å². The van der Waals surface area contributed by atoms with Crippen molar-refractivity contribution in [3.8, 4) is 0 Å². The van der Waals surface area contributed by atoms with Gasteiger partial charge in [-0.05, 0) is 50.2 Å². The van der Waals surface area contributed by atoms with Crippen LogP contribution >= 0.6 is 0 Å². The Morgan fingerprint density at radius 2 is 1.74 bits per heavy atom. The van der Waals surface area contributed by atoms with Crippen LogP contribution in [0.25, 0.3) is 0 Å². The predicted molar refractivity (Wildman–Crippen MR) is 82.8 cm³/mol. The molecule has 1 aromatic rings. The lowest BCUT2D eigenvalue weighted by atomic mass is 9.73. The maximum Gasteiger partial charge on any atom is 0.0361 e. The van der Waals surface area contributed by atoms with Gasteiger partial charge in [-0.15, -0.1) is 0 Å². The average Bonchev–Trinajstić information content (AvgIpc) is 2.47. The number of anilines is 1. The molecule has 0 aromatic heterocycles. The summed E-state index contributed by atoms with van der Waals surface area (Å²) in [4.78, 5) is 4.65. The highest BCUT2D eigenvalue weighted by molar-refractivity contribution is 5.47. The number of benzene rings is 1. The van der Waals surface area contributed by atoms with Gasteiger partial charge in [-0.2, -0.15) is 0 Å². The standard InChI is InChI=1S/C16H27N3/c1-4-19-11-9-16(13-17,10-12-19)14-5-7-15(8-6-14)18(2)3/h5-8H,4,9-13,17H2,1-3H3. The topological polar surface area (TPSA) is 32.5 Å². The third-order valence-electron chi connectivity index (χ3n) is 4.65. The van der Waals surface area contributed by atoms with Gasteiger partial charge in [0.2, 0.25) is 0 Å². The van der Waals surface area contributed by atoms with Gasteiger partial charge in [0.15, 0.2) is 0 Å². The summed E-state index contributed by atoms with van der Waals surface area (Å²) in [7, 11) is 4.15. The highest BCUT2D eigenvalue weighted by Gasteiger charge is 2.34. The Morgan fingerprint density at radius 3 is 2.16 bits per heavy atom. The molecular formula is C16H27N3. The summed E-state index contributed by atoms with van der Waals surface area (Å²) in [6, 6.07) is 8.95. The molecule has 0 saturated carbocycles. The molecular weight excluding hydrogens is 234 g/mol. The van der Waals surface area contributed by atoms with Gasteiger partial charge in [-0.25, -0.2) is 0 Å². The second kappa shape index (κ2) is 5.93. The molecule has 19 heavy (non-hydrogen) atoms. The zero-order valence-corrected chi connectivity index (χ0v) is 12.5. The minimum atomic E-state index is 0.191. The van der Waals surface area contributed by atoms with Crippen LogP contribution in [0.15, 0.2) is 24.3 Å². The van der Waals surface area contributed by atoms with Crippen molar-refractivity contribution in [1.29, 1.82) is 0 Å². The number of nitrogens with two attached hydrogens (primary N) is 1. The lowest BCUT2D eigenvalue weighted by Gasteiger charge is -2.41. The predicted octanol–water partition coefficient (Wildman–Crippen LogP) is 2.06. The van der Waals surface area contributed by atoms with E-state index in [1.54, 1.807) is 0 Å². The fraction of sp³-hybridized carbons (Fsp3) is 0.625. The number of hydrogen-bond donors (Lipinski definition) is 1. The van der Waals surface area contributed by atoms with Gasteiger partial charge in [0.1, 0.15) is 0 Å². The molecule has 0 unspecified atom stereocenters. The molecule has 1 saturated heterocycles. The summed E-state index contributed by atoms with van der Waals surface area (Å²) in [6.45, 7) is 6.49. The molecule has 0 atom stereocenters. The second-order valence-electron chi connectivity index (χ2n) is 5.86. The van der Waals surface area contributed by atoms with Crippen molar-refractivity contribution in [1.82, 2.24) is 4.90 Å². The molecule has 0 bridgehead atoms. The quantitative estimate of drug-likeness (QED) is 0.900.